The predicted octanol–water partition coefficient (Wildman–Crippen LogP) is 5.77. The second-order valence-corrected chi connectivity index (χ2v) is 10.3. The number of hydrazone groups is 1. The van der Waals surface area contributed by atoms with Crippen molar-refractivity contribution in [2.75, 3.05) is 11.9 Å². The molecule has 11 heteroatoms. The topological polar surface area (TPSA) is 106 Å². The number of carbonyl (C=O) groups is 3. The van der Waals surface area contributed by atoms with Gasteiger partial charge in [0.25, 0.3) is 11.8 Å². The predicted molar refractivity (Wildman–Crippen MR) is 149 cm³/mol. The summed E-state index contributed by atoms with van der Waals surface area (Å²) < 4.78 is 24.7. The Morgan fingerprint density at radius 1 is 1.15 bits per heavy atom. The Labute approximate surface area is 234 Å². The van der Waals surface area contributed by atoms with Crippen molar-refractivity contribution in [1.82, 2.24) is 5.43 Å². The monoisotopic (exact) mass is 571 g/mol. The van der Waals surface area contributed by atoms with Crippen LogP contribution in [0.4, 0.5) is 9.39 Å². The number of hydrogen-bond acceptors (Lipinski definition) is 7. The number of nitrogens with one attached hydrogen (secondary N) is 2. The third-order valence-electron chi connectivity index (χ3n) is 6.04. The number of esters is 1. The molecule has 2 aromatic carbocycles. The number of benzene rings is 2. The zero-order valence-electron chi connectivity index (χ0n) is 21.4. The average Bonchev–Trinajstić information content (AvgIpc) is 3.28. The zero-order chi connectivity index (χ0) is 27.9. The number of hydrogen-bond donors (Lipinski definition) is 2. The van der Waals surface area contributed by atoms with Crippen LogP contribution in [-0.2, 0) is 22.4 Å². The van der Waals surface area contributed by atoms with Crippen LogP contribution in [0.25, 0.3) is 0 Å². The standard InChI is InChI=1S/C28H27ClFN3O5S/c1-3-37-28(36)24-19-7-4-5-10-23(19)39-27(24)32-26(35)17-11-13-18(14-12-17)38-16(2)25(34)33-31-15-20-21(29)8-6-9-22(20)30/h6,8-9,11-16H,3-5,7,10H2,1-2H3,(H,32,35)(H,33,34)/b31-15-/t16-/m0/s1. The summed E-state index contributed by atoms with van der Waals surface area (Å²) in [6, 6.07) is 10.5. The van der Waals surface area contributed by atoms with Crippen LogP contribution in [0.3, 0.4) is 0 Å². The summed E-state index contributed by atoms with van der Waals surface area (Å²) in [5.74, 6) is -1.57. The Hall–Kier alpha value is -3.76. The maximum atomic E-state index is 13.8. The Bertz CT molecular complexity index is 1390. The molecule has 0 bridgehead atoms. The lowest BCUT2D eigenvalue weighted by Crippen LogP contribution is -2.33. The van der Waals surface area contributed by atoms with E-state index >= 15 is 0 Å². The first-order valence-electron chi connectivity index (χ1n) is 12.4. The van der Waals surface area contributed by atoms with Crippen molar-refractivity contribution >= 4 is 51.9 Å². The van der Waals surface area contributed by atoms with Crippen LogP contribution < -0.4 is 15.5 Å². The maximum absolute atomic E-state index is 13.8. The molecule has 1 aliphatic rings. The van der Waals surface area contributed by atoms with E-state index in [0.717, 1.165) is 42.3 Å². The van der Waals surface area contributed by atoms with Gasteiger partial charge in [-0.25, -0.2) is 14.6 Å². The summed E-state index contributed by atoms with van der Waals surface area (Å²) in [4.78, 5) is 39.0. The fraction of sp³-hybridized carbons (Fsp3) is 0.286. The van der Waals surface area contributed by atoms with Crippen LogP contribution in [-0.4, -0.2) is 36.7 Å². The summed E-state index contributed by atoms with van der Waals surface area (Å²) in [6.07, 6.45) is 3.90. The van der Waals surface area contributed by atoms with Gasteiger partial charge in [0.2, 0.25) is 0 Å². The quantitative estimate of drug-likeness (QED) is 0.193. The van der Waals surface area contributed by atoms with E-state index in [4.69, 9.17) is 21.1 Å². The lowest BCUT2D eigenvalue weighted by Gasteiger charge is -2.13. The molecular formula is C28H27ClFN3O5S. The fourth-order valence-corrected chi connectivity index (χ4v) is 5.56. The highest BCUT2D eigenvalue weighted by molar-refractivity contribution is 7.17. The molecule has 0 fully saturated rings. The number of anilines is 1. The van der Waals surface area contributed by atoms with Crippen LogP contribution in [0, 0.1) is 5.82 Å². The first-order valence-corrected chi connectivity index (χ1v) is 13.6. The molecule has 0 saturated carbocycles. The number of fused-ring (bicyclic) bond motifs is 1. The van der Waals surface area contributed by atoms with Gasteiger partial charge in [-0.3, -0.25) is 9.59 Å². The van der Waals surface area contributed by atoms with Crippen molar-refractivity contribution < 1.29 is 28.2 Å². The van der Waals surface area contributed by atoms with Crippen LogP contribution in [0.2, 0.25) is 5.02 Å². The molecule has 0 spiro atoms. The molecule has 0 saturated heterocycles. The van der Waals surface area contributed by atoms with Crippen molar-refractivity contribution in [3.05, 3.63) is 80.4 Å². The SMILES string of the molecule is CCOC(=O)c1c(NC(=O)c2ccc(O[C@@H](C)C(=O)N/N=C\c3c(F)cccc3Cl)cc2)sc2c1CCCC2. The number of carbonyl (C=O) groups excluding carboxylic acids is 3. The van der Waals surface area contributed by atoms with E-state index in [1.54, 1.807) is 31.2 Å². The van der Waals surface area contributed by atoms with Gasteiger partial charge in [-0.1, -0.05) is 17.7 Å². The number of amides is 2. The number of ether oxygens (including phenoxy) is 2. The molecule has 4 rings (SSSR count). The maximum Gasteiger partial charge on any atom is 0.341 e. The highest BCUT2D eigenvalue weighted by Crippen LogP contribution is 2.38. The molecule has 2 N–H and O–H groups in total. The van der Waals surface area contributed by atoms with Crippen molar-refractivity contribution in [1.29, 1.82) is 0 Å². The molecule has 0 unspecified atom stereocenters. The minimum absolute atomic E-state index is 0.0546. The largest absolute Gasteiger partial charge is 0.481 e. The minimum atomic E-state index is -0.928. The number of nitrogens with zero attached hydrogens (tertiary/aromatic N) is 1. The van der Waals surface area contributed by atoms with Gasteiger partial charge in [-0.05, 0) is 81.5 Å². The molecule has 1 aromatic heterocycles. The van der Waals surface area contributed by atoms with Gasteiger partial charge in [-0.15, -0.1) is 11.3 Å². The fourth-order valence-electron chi connectivity index (χ4n) is 4.08. The van der Waals surface area contributed by atoms with Crippen molar-refractivity contribution in [3.63, 3.8) is 0 Å². The number of aryl methyl sites for hydroxylation is 1. The lowest BCUT2D eigenvalue weighted by atomic mass is 9.95. The van der Waals surface area contributed by atoms with Gasteiger partial charge in [-0.2, -0.15) is 5.10 Å². The van der Waals surface area contributed by atoms with Gasteiger partial charge in [0, 0.05) is 16.0 Å². The summed E-state index contributed by atoms with van der Waals surface area (Å²) in [5, 5.41) is 7.27. The number of rotatable bonds is 9. The molecule has 1 atom stereocenters. The van der Waals surface area contributed by atoms with E-state index in [1.165, 1.54) is 36.5 Å². The Balaban J connectivity index is 1.37. The van der Waals surface area contributed by atoms with Crippen LogP contribution in [0.15, 0.2) is 47.6 Å². The summed E-state index contributed by atoms with van der Waals surface area (Å²) in [6.45, 7) is 3.52. The van der Waals surface area contributed by atoms with Gasteiger partial charge < -0.3 is 14.8 Å². The third kappa shape index (κ3) is 6.82. The summed E-state index contributed by atoms with van der Waals surface area (Å²) in [5.41, 5.74) is 4.11. The molecule has 2 amide bonds. The van der Waals surface area contributed by atoms with E-state index in [1.807, 2.05) is 0 Å². The third-order valence-corrected chi connectivity index (χ3v) is 7.58. The highest BCUT2D eigenvalue weighted by atomic mass is 35.5. The van der Waals surface area contributed by atoms with E-state index in [9.17, 15) is 18.8 Å². The second kappa shape index (κ2) is 12.9. The number of halogens is 2. The minimum Gasteiger partial charge on any atom is -0.481 e. The van der Waals surface area contributed by atoms with Crippen molar-refractivity contribution in [2.45, 2.75) is 45.6 Å². The molecular weight excluding hydrogens is 545 g/mol. The normalized spacial score (nSPS) is 13.4. The van der Waals surface area contributed by atoms with Crippen molar-refractivity contribution in [3.8, 4) is 5.75 Å². The Kier molecular flexibility index (Phi) is 9.32. The van der Waals surface area contributed by atoms with Crippen LogP contribution >= 0.6 is 22.9 Å². The van der Waals surface area contributed by atoms with E-state index in [2.05, 4.69) is 15.8 Å². The van der Waals surface area contributed by atoms with Crippen LogP contribution in [0.5, 0.6) is 5.75 Å². The smallest absolute Gasteiger partial charge is 0.341 e. The molecule has 0 radical (unpaired) electrons. The Morgan fingerprint density at radius 3 is 2.62 bits per heavy atom. The summed E-state index contributed by atoms with van der Waals surface area (Å²) in [7, 11) is 0. The van der Waals surface area contributed by atoms with E-state index in [-0.39, 0.29) is 23.1 Å². The average molecular weight is 572 g/mol. The van der Waals surface area contributed by atoms with Crippen molar-refractivity contribution in [2.24, 2.45) is 5.10 Å². The van der Waals surface area contributed by atoms with Gasteiger partial charge in [0.05, 0.1) is 23.4 Å². The molecule has 204 valence electrons. The number of thiophene rings is 1. The highest BCUT2D eigenvalue weighted by Gasteiger charge is 2.27. The van der Waals surface area contributed by atoms with Gasteiger partial charge in [0.15, 0.2) is 6.10 Å². The molecule has 8 nitrogen and oxygen atoms in total. The summed E-state index contributed by atoms with van der Waals surface area (Å²) >= 11 is 7.35. The zero-order valence-corrected chi connectivity index (χ0v) is 23.0. The lowest BCUT2D eigenvalue weighted by molar-refractivity contribution is -0.127. The molecule has 0 aliphatic heterocycles. The Morgan fingerprint density at radius 2 is 1.90 bits per heavy atom. The van der Waals surface area contributed by atoms with Crippen LogP contribution in [0.1, 0.15) is 63.4 Å². The van der Waals surface area contributed by atoms with E-state index in [0.29, 0.717) is 21.9 Å². The first kappa shape index (κ1) is 28.3. The van der Waals surface area contributed by atoms with Gasteiger partial charge >= 0.3 is 5.97 Å². The molecule has 1 aliphatic carbocycles. The van der Waals surface area contributed by atoms with E-state index < -0.39 is 23.8 Å². The molecule has 39 heavy (non-hydrogen) atoms. The second-order valence-electron chi connectivity index (χ2n) is 8.74. The van der Waals surface area contributed by atoms with Gasteiger partial charge in [0.1, 0.15) is 16.6 Å². The molecule has 1 heterocycles. The molecule has 3 aromatic rings. The first-order chi connectivity index (χ1) is 18.8.